The Kier molecular flexibility index (Phi) is 8.49. The van der Waals surface area contributed by atoms with Gasteiger partial charge in [-0.1, -0.05) is 159 Å². The fourth-order valence-electron chi connectivity index (χ4n) is 7.24. The number of nitrogens with zero attached hydrogens (tertiary/aromatic N) is 1. The van der Waals surface area contributed by atoms with Crippen LogP contribution in [-0.4, -0.2) is 9.91 Å². The SMILES string of the molecule is CC(C)(C)c1cc(-c2cc(C(C)(C)C)cc3c2[nH]c2c([N+](=O)[O-])cccc2c2ccc(-c4ccccc4)cc2c2ccccc32)cc(C(C)(C)C)c1. The van der Waals surface area contributed by atoms with E-state index in [-0.39, 0.29) is 26.9 Å². The average molecular weight is 685 g/mol. The number of non-ortho nitro benzene ring substituents is 1. The highest BCUT2D eigenvalue weighted by molar-refractivity contribution is 6.21. The molecule has 1 N–H and O–H groups in total. The second-order valence-corrected chi connectivity index (χ2v) is 17.2. The largest absolute Gasteiger partial charge is 0.348 e. The Labute approximate surface area is 307 Å². The summed E-state index contributed by atoms with van der Waals surface area (Å²) in [4.78, 5) is 16.4. The molecule has 0 spiro atoms. The van der Waals surface area contributed by atoms with Crippen LogP contribution in [0.4, 0.5) is 5.69 Å². The van der Waals surface area contributed by atoms with E-state index in [0.29, 0.717) is 5.52 Å². The number of hydrogen-bond donors (Lipinski definition) is 1. The van der Waals surface area contributed by atoms with Gasteiger partial charge in [-0.3, -0.25) is 10.1 Å². The predicted octanol–water partition coefficient (Wildman–Crippen LogP) is 13.9. The Bertz CT molecular complexity index is 2560. The second kappa shape index (κ2) is 12.6. The van der Waals surface area contributed by atoms with Gasteiger partial charge in [0, 0.05) is 22.4 Å². The van der Waals surface area contributed by atoms with Gasteiger partial charge in [0.15, 0.2) is 0 Å². The summed E-state index contributed by atoms with van der Waals surface area (Å²) >= 11 is 0. The summed E-state index contributed by atoms with van der Waals surface area (Å²) in [6, 6.07) is 42.4. The van der Waals surface area contributed by atoms with Crippen molar-refractivity contribution in [3.8, 4) is 22.3 Å². The topological polar surface area (TPSA) is 58.9 Å². The van der Waals surface area contributed by atoms with Crippen LogP contribution in [0.15, 0.2) is 121 Å². The number of aromatic amines is 1. The van der Waals surface area contributed by atoms with E-state index < -0.39 is 0 Å². The lowest BCUT2D eigenvalue weighted by Crippen LogP contribution is -2.16. The molecule has 0 saturated heterocycles. The smallest absolute Gasteiger partial charge is 0.293 e. The van der Waals surface area contributed by atoms with E-state index in [2.05, 4.69) is 164 Å². The highest BCUT2D eigenvalue weighted by atomic mass is 16.6. The van der Waals surface area contributed by atoms with E-state index in [1.165, 1.54) is 16.7 Å². The molecule has 1 aromatic heterocycles. The number of fused-ring (bicyclic) bond motifs is 7. The summed E-state index contributed by atoms with van der Waals surface area (Å²) < 4.78 is 0. The van der Waals surface area contributed by atoms with E-state index >= 15 is 0 Å². The van der Waals surface area contributed by atoms with Gasteiger partial charge in [0.2, 0.25) is 0 Å². The number of aromatic nitrogens is 1. The minimum absolute atomic E-state index is 0.0390. The molecule has 4 nitrogen and oxygen atoms in total. The molecule has 0 aliphatic rings. The van der Waals surface area contributed by atoms with E-state index in [9.17, 15) is 10.1 Å². The van der Waals surface area contributed by atoms with Gasteiger partial charge in [-0.15, -0.1) is 0 Å². The molecular weight excluding hydrogens is 637 g/mol. The number of para-hydroxylation sites is 1. The number of nitro groups is 1. The lowest BCUT2D eigenvalue weighted by atomic mass is 9.78. The van der Waals surface area contributed by atoms with Crippen molar-refractivity contribution in [1.82, 2.24) is 4.98 Å². The fraction of sp³-hybridized carbons (Fsp3) is 0.250. The third-order valence-electron chi connectivity index (χ3n) is 10.4. The zero-order valence-electron chi connectivity index (χ0n) is 31.8. The summed E-state index contributed by atoms with van der Waals surface area (Å²) in [7, 11) is 0. The van der Waals surface area contributed by atoms with Crippen molar-refractivity contribution in [2.24, 2.45) is 0 Å². The van der Waals surface area contributed by atoms with E-state index in [1.807, 2.05) is 12.1 Å². The predicted molar refractivity (Wildman–Crippen MR) is 222 cm³/mol. The van der Waals surface area contributed by atoms with Crippen molar-refractivity contribution in [3.63, 3.8) is 0 Å². The van der Waals surface area contributed by atoms with Gasteiger partial charge in [-0.05, 0) is 89.4 Å². The summed E-state index contributed by atoms with van der Waals surface area (Å²) in [6.07, 6.45) is 0. The Hall–Kier alpha value is -5.48. The molecule has 52 heavy (non-hydrogen) atoms. The maximum absolute atomic E-state index is 12.9. The van der Waals surface area contributed by atoms with Crippen LogP contribution in [0.1, 0.15) is 79.0 Å². The molecule has 0 amide bonds. The molecule has 4 heteroatoms. The Morgan fingerprint density at radius 2 is 0.981 bits per heavy atom. The van der Waals surface area contributed by atoms with Crippen LogP contribution in [0, 0.1) is 10.1 Å². The van der Waals surface area contributed by atoms with Gasteiger partial charge in [0.05, 0.1) is 10.4 Å². The zero-order chi connectivity index (χ0) is 37.2. The lowest BCUT2D eigenvalue weighted by molar-refractivity contribution is -0.383. The van der Waals surface area contributed by atoms with Crippen LogP contribution in [-0.2, 0) is 16.2 Å². The third kappa shape index (κ3) is 6.43. The van der Waals surface area contributed by atoms with Crippen molar-refractivity contribution in [3.05, 3.63) is 148 Å². The number of H-pyrrole nitrogens is 1. The quantitative estimate of drug-likeness (QED) is 0.149. The summed E-state index contributed by atoms with van der Waals surface area (Å²) in [5, 5.41) is 18.8. The molecule has 0 aliphatic carbocycles. The standard InChI is InChI=1S/C48H48N2O2/c1-46(2,3)33-24-32(25-34(27-33)47(4,5)6)40-28-35(48(7,8)9)29-42-37-19-14-13-18-36(37)41-26-31(30-16-11-10-12-17-30)22-23-38(41)39-20-15-21-43(50(51)52)45(39)49-44(40)42/h10-29,49H,1-9H3. The van der Waals surface area contributed by atoms with Gasteiger partial charge in [0.1, 0.15) is 5.52 Å². The zero-order valence-corrected chi connectivity index (χ0v) is 31.8. The molecule has 262 valence electrons. The van der Waals surface area contributed by atoms with Gasteiger partial charge < -0.3 is 4.98 Å². The van der Waals surface area contributed by atoms with Crippen LogP contribution >= 0.6 is 0 Å². The summed E-state index contributed by atoms with van der Waals surface area (Å²) in [6.45, 7) is 20.3. The monoisotopic (exact) mass is 684 g/mol. The average Bonchev–Trinajstić information content (AvgIpc) is 3.15. The third-order valence-corrected chi connectivity index (χ3v) is 10.4. The molecule has 0 bridgehead atoms. The van der Waals surface area contributed by atoms with E-state index in [4.69, 9.17) is 0 Å². The number of nitro benzene ring substituents is 1. The molecule has 0 fully saturated rings. The van der Waals surface area contributed by atoms with Gasteiger partial charge in [-0.2, -0.15) is 0 Å². The molecule has 0 saturated carbocycles. The van der Waals surface area contributed by atoms with Crippen molar-refractivity contribution >= 4 is 49.0 Å². The molecule has 0 aliphatic heterocycles. The van der Waals surface area contributed by atoms with E-state index in [1.54, 1.807) is 12.1 Å². The highest BCUT2D eigenvalue weighted by Crippen LogP contribution is 2.42. The summed E-state index contributed by atoms with van der Waals surface area (Å²) in [5.74, 6) is 0. The highest BCUT2D eigenvalue weighted by Gasteiger charge is 2.24. The molecule has 7 rings (SSSR count). The maximum Gasteiger partial charge on any atom is 0.293 e. The van der Waals surface area contributed by atoms with Crippen LogP contribution in [0.5, 0.6) is 0 Å². The first kappa shape index (κ1) is 34.9. The first-order chi connectivity index (χ1) is 24.5. The van der Waals surface area contributed by atoms with Gasteiger partial charge in [-0.25, -0.2) is 0 Å². The van der Waals surface area contributed by atoms with Crippen molar-refractivity contribution < 1.29 is 4.92 Å². The summed E-state index contributed by atoms with van der Waals surface area (Å²) in [5.41, 5.74) is 9.05. The van der Waals surface area contributed by atoms with Crippen LogP contribution in [0.25, 0.3) is 65.6 Å². The van der Waals surface area contributed by atoms with Crippen LogP contribution in [0.2, 0.25) is 0 Å². The Morgan fingerprint density at radius 1 is 0.442 bits per heavy atom. The minimum Gasteiger partial charge on any atom is -0.348 e. The van der Waals surface area contributed by atoms with Crippen molar-refractivity contribution in [2.75, 3.05) is 0 Å². The minimum atomic E-state index is -0.268. The molecular formula is C48H48N2O2. The first-order valence-electron chi connectivity index (χ1n) is 18.2. The fourth-order valence-corrected chi connectivity index (χ4v) is 7.24. The lowest BCUT2D eigenvalue weighted by Gasteiger charge is -2.27. The van der Waals surface area contributed by atoms with Crippen LogP contribution in [0.3, 0.4) is 0 Å². The number of hydrogen-bond acceptors (Lipinski definition) is 2. The maximum atomic E-state index is 12.9. The van der Waals surface area contributed by atoms with Gasteiger partial charge >= 0.3 is 0 Å². The molecule has 0 unspecified atom stereocenters. The molecule has 1 heterocycles. The Morgan fingerprint density at radius 3 is 1.58 bits per heavy atom. The van der Waals surface area contributed by atoms with Gasteiger partial charge in [0.25, 0.3) is 5.69 Å². The molecule has 0 atom stereocenters. The van der Waals surface area contributed by atoms with Crippen molar-refractivity contribution in [1.29, 1.82) is 0 Å². The molecule has 0 radical (unpaired) electrons. The normalized spacial score (nSPS) is 12.5. The number of rotatable bonds is 3. The molecule has 6 aromatic carbocycles. The van der Waals surface area contributed by atoms with Crippen LogP contribution < -0.4 is 0 Å². The van der Waals surface area contributed by atoms with Crippen molar-refractivity contribution in [2.45, 2.75) is 78.6 Å². The second-order valence-electron chi connectivity index (χ2n) is 17.2. The number of benzene rings is 6. The number of nitrogens with one attached hydrogen (secondary N) is 1. The van der Waals surface area contributed by atoms with E-state index in [0.717, 1.165) is 60.1 Å². The molecule has 7 aromatic rings. The first-order valence-corrected chi connectivity index (χ1v) is 18.2. The Balaban J connectivity index is 1.81.